The highest BCUT2D eigenvalue weighted by molar-refractivity contribution is 7.12. The van der Waals surface area contributed by atoms with Crippen molar-refractivity contribution in [2.24, 2.45) is 5.73 Å². The highest BCUT2D eigenvalue weighted by Gasteiger charge is 2.14. The van der Waals surface area contributed by atoms with Gasteiger partial charge in [-0.15, -0.1) is 11.3 Å². The van der Waals surface area contributed by atoms with E-state index in [9.17, 15) is 0 Å². The van der Waals surface area contributed by atoms with Gasteiger partial charge in [0.1, 0.15) is 0 Å². The fraction of sp³-hybridized carbons (Fsp3) is 0.636. The van der Waals surface area contributed by atoms with Crippen LogP contribution in [0.15, 0.2) is 6.07 Å². The van der Waals surface area contributed by atoms with Crippen LogP contribution in [0.25, 0.3) is 0 Å². The summed E-state index contributed by atoms with van der Waals surface area (Å²) in [6, 6.07) is 2.28. The molecule has 0 bridgehead atoms. The van der Waals surface area contributed by atoms with Gasteiger partial charge in [0, 0.05) is 22.8 Å². The topological polar surface area (TPSA) is 29.3 Å². The average Bonchev–Trinajstić information content (AvgIpc) is 2.78. The molecule has 1 aliphatic heterocycles. The summed E-state index contributed by atoms with van der Waals surface area (Å²) >= 11 is 1.85. The average molecular weight is 210 g/mol. The maximum Gasteiger partial charge on any atom is 0.0274 e. The lowest BCUT2D eigenvalue weighted by atomic mass is 10.2. The van der Waals surface area contributed by atoms with Gasteiger partial charge in [0.15, 0.2) is 0 Å². The molecule has 0 radical (unpaired) electrons. The Bertz CT molecular complexity index is 300. The molecule has 0 unspecified atom stereocenters. The van der Waals surface area contributed by atoms with E-state index in [-0.39, 0.29) is 0 Å². The summed E-state index contributed by atoms with van der Waals surface area (Å²) in [6.45, 7) is 6.56. The molecule has 0 spiro atoms. The third kappa shape index (κ3) is 2.16. The van der Waals surface area contributed by atoms with Crippen molar-refractivity contribution in [3.05, 3.63) is 21.4 Å². The smallest absolute Gasteiger partial charge is 0.0274 e. The van der Waals surface area contributed by atoms with Crippen molar-refractivity contribution in [2.75, 3.05) is 13.1 Å². The molecule has 0 atom stereocenters. The zero-order chi connectivity index (χ0) is 9.97. The largest absolute Gasteiger partial charge is 0.326 e. The van der Waals surface area contributed by atoms with Gasteiger partial charge >= 0.3 is 0 Å². The van der Waals surface area contributed by atoms with Crippen LogP contribution in [0.2, 0.25) is 0 Å². The maximum atomic E-state index is 5.64. The quantitative estimate of drug-likeness (QED) is 0.828. The monoisotopic (exact) mass is 210 g/mol. The summed E-state index contributed by atoms with van der Waals surface area (Å²) in [4.78, 5) is 5.30. The van der Waals surface area contributed by atoms with E-state index in [2.05, 4.69) is 17.9 Å². The number of thiophene rings is 1. The highest BCUT2D eigenvalue weighted by atomic mass is 32.1. The van der Waals surface area contributed by atoms with Gasteiger partial charge in [-0.25, -0.2) is 0 Å². The number of hydrogen-bond donors (Lipinski definition) is 1. The number of nitrogens with zero attached hydrogens (tertiary/aromatic N) is 1. The Morgan fingerprint density at radius 1 is 1.43 bits per heavy atom. The number of nitrogens with two attached hydrogens (primary N) is 1. The predicted molar refractivity (Wildman–Crippen MR) is 61.5 cm³/mol. The Hall–Kier alpha value is -0.380. The Morgan fingerprint density at radius 2 is 2.14 bits per heavy atom. The second-order valence-electron chi connectivity index (χ2n) is 3.98. The number of rotatable bonds is 3. The molecule has 1 fully saturated rings. The van der Waals surface area contributed by atoms with Crippen LogP contribution in [-0.2, 0) is 13.1 Å². The van der Waals surface area contributed by atoms with Crippen LogP contribution in [-0.4, -0.2) is 18.0 Å². The minimum atomic E-state index is 0.686. The standard InChI is InChI=1S/C11H18N2S/c1-9-10(6-11(7-12)14-9)8-13-4-2-3-5-13/h6H,2-5,7-8,12H2,1H3. The minimum Gasteiger partial charge on any atom is -0.326 e. The van der Waals surface area contributed by atoms with Gasteiger partial charge < -0.3 is 5.73 Å². The van der Waals surface area contributed by atoms with Gasteiger partial charge in [0.25, 0.3) is 0 Å². The zero-order valence-electron chi connectivity index (χ0n) is 8.75. The third-order valence-electron chi connectivity index (χ3n) is 2.87. The SMILES string of the molecule is Cc1sc(CN)cc1CN1CCCC1. The molecule has 2 rings (SSSR count). The van der Waals surface area contributed by atoms with E-state index in [0.717, 1.165) is 6.54 Å². The predicted octanol–water partition coefficient (Wildman–Crippen LogP) is 2.11. The van der Waals surface area contributed by atoms with Crippen LogP contribution in [0, 0.1) is 6.92 Å². The number of aryl methyl sites for hydroxylation is 1. The van der Waals surface area contributed by atoms with Crippen molar-refractivity contribution in [3.8, 4) is 0 Å². The van der Waals surface area contributed by atoms with Crippen molar-refractivity contribution < 1.29 is 0 Å². The second kappa shape index (κ2) is 4.43. The normalized spacial score (nSPS) is 17.9. The summed E-state index contributed by atoms with van der Waals surface area (Å²) < 4.78 is 0. The molecule has 0 amide bonds. The molecule has 2 nitrogen and oxygen atoms in total. The van der Waals surface area contributed by atoms with E-state index in [1.54, 1.807) is 0 Å². The lowest BCUT2D eigenvalue weighted by Gasteiger charge is -2.13. The second-order valence-corrected chi connectivity index (χ2v) is 5.32. The minimum absolute atomic E-state index is 0.686. The number of hydrogen-bond acceptors (Lipinski definition) is 3. The summed E-state index contributed by atoms with van der Waals surface area (Å²) in [7, 11) is 0. The molecule has 1 aliphatic rings. The van der Waals surface area contributed by atoms with E-state index in [1.165, 1.54) is 41.2 Å². The lowest BCUT2D eigenvalue weighted by Crippen LogP contribution is -2.18. The van der Waals surface area contributed by atoms with Crippen molar-refractivity contribution in [3.63, 3.8) is 0 Å². The van der Waals surface area contributed by atoms with Gasteiger partial charge in [-0.3, -0.25) is 4.90 Å². The lowest BCUT2D eigenvalue weighted by molar-refractivity contribution is 0.331. The Kier molecular flexibility index (Phi) is 3.21. The summed E-state index contributed by atoms with van der Waals surface area (Å²) in [5.74, 6) is 0. The first-order valence-electron chi connectivity index (χ1n) is 5.30. The fourth-order valence-electron chi connectivity index (χ4n) is 2.03. The summed E-state index contributed by atoms with van der Waals surface area (Å²) in [6.07, 6.45) is 2.74. The highest BCUT2D eigenvalue weighted by Crippen LogP contribution is 2.23. The van der Waals surface area contributed by atoms with Crippen molar-refractivity contribution in [1.29, 1.82) is 0 Å². The van der Waals surface area contributed by atoms with E-state index in [0.29, 0.717) is 6.54 Å². The molecule has 14 heavy (non-hydrogen) atoms. The number of likely N-dealkylation sites (tertiary alicyclic amines) is 1. The first-order valence-corrected chi connectivity index (χ1v) is 6.12. The molecule has 78 valence electrons. The van der Waals surface area contributed by atoms with Gasteiger partial charge in [0.2, 0.25) is 0 Å². The molecule has 1 aromatic heterocycles. The van der Waals surface area contributed by atoms with Crippen LogP contribution in [0.4, 0.5) is 0 Å². The van der Waals surface area contributed by atoms with Crippen molar-refractivity contribution in [2.45, 2.75) is 32.9 Å². The molecule has 0 saturated carbocycles. The Labute approximate surface area is 89.7 Å². The first-order chi connectivity index (χ1) is 6.79. The molecule has 1 saturated heterocycles. The van der Waals surface area contributed by atoms with Gasteiger partial charge in [-0.2, -0.15) is 0 Å². The summed E-state index contributed by atoms with van der Waals surface area (Å²) in [5.41, 5.74) is 7.12. The van der Waals surface area contributed by atoms with E-state index in [4.69, 9.17) is 5.73 Å². The fourth-order valence-corrected chi connectivity index (χ4v) is 2.96. The third-order valence-corrected chi connectivity index (χ3v) is 3.98. The molecular weight excluding hydrogens is 192 g/mol. The van der Waals surface area contributed by atoms with Gasteiger partial charge in [-0.05, 0) is 44.5 Å². The first kappa shape index (κ1) is 10.1. The van der Waals surface area contributed by atoms with E-state index in [1.807, 2.05) is 11.3 Å². The van der Waals surface area contributed by atoms with Gasteiger partial charge in [-0.1, -0.05) is 0 Å². The van der Waals surface area contributed by atoms with Crippen LogP contribution < -0.4 is 5.73 Å². The molecule has 3 heteroatoms. The Morgan fingerprint density at radius 3 is 2.71 bits per heavy atom. The molecule has 0 aliphatic carbocycles. The van der Waals surface area contributed by atoms with Crippen molar-refractivity contribution >= 4 is 11.3 Å². The van der Waals surface area contributed by atoms with Gasteiger partial charge in [0.05, 0.1) is 0 Å². The zero-order valence-corrected chi connectivity index (χ0v) is 9.57. The van der Waals surface area contributed by atoms with Crippen LogP contribution in [0.1, 0.15) is 28.2 Å². The molecule has 0 aromatic carbocycles. The molecule has 1 aromatic rings. The Balaban J connectivity index is 2.03. The summed E-state index contributed by atoms with van der Waals surface area (Å²) in [5, 5.41) is 0. The van der Waals surface area contributed by atoms with E-state index >= 15 is 0 Å². The molecular formula is C11H18N2S. The maximum absolute atomic E-state index is 5.64. The van der Waals surface area contributed by atoms with Crippen LogP contribution >= 0.6 is 11.3 Å². The molecule has 2 heterocycles. The van der Waals surface area contributed by atoms with Crippen molar-refractivity contribution in [1.82, 2.24) is 4.90 Å². The van der Waals surface area contributed by atoms with Crippen LogP contribution in [0.3, 0.4) is 0 Å². The molecule has 2 N–H and O–H groups in total. The van der Waals surface area contributed by atoms with Crippen LogP contribution in [0.5, 0.6) is 0 Å². The van der Waals surface area contributed by atoms with E-state index < -0.39 is 0 Å².